The first kappa shape index (κ1) is 17.7. The summed E-state index contributed by atoms with van der Waals surface area (Å²) in [7, 11) is 0. The maximum atomic E-state index is 13.3. The minimum atomic E-state index is -1.22. The number of nitrogens with one attached hydrogen (secondary N) is 1. The summed E-state index contributed by atoms with van der Waals surface area (Å²) >= 11 is 1.42. The molecule has 2 heterocycles. The Morgan fingerprint density at radius 3 is 2.62 bits per heavy atom. The van der Waals surface area contributed by atoms with E-state index in [-0.39, 0.29) is 18.1 Å². The van der Waals surface area contributed by atoms with E-state index in [9.17, 15) is 19.1 Å². The number of rotatable bonds is 6. The number of aryl methyl sites for hydroxylation is 1. The molecule has 1 unspecified atom stereocenters. The quantitative estimate of drug-likeness (QED) is 0.610. The molecule has 0 fully saturated rings. The van der Waals surface area contributed by atoms with Gasteiger partial charge in [0.1, 0.15) is 28.8 Å². The zero-order valence-electron chi connectivity index (χ0n) is 13.7. The van der Waals surface area contributed by atoms with Crippen LogP contribution in [0.3, 0.4) is 0 Å². The number of amides is 1. The molecular formula is C17H15FN4O3S. The van der Waals surface area contributed by atoms with Gasteiger partial charge in [-0.2, -0.15) is 0 Å². The molecule has 0 radical (unpaired) electrons. The molecular weight excluding hydrogens is 359 g/mol. The van der Waals surface area contributed by atoms with E-state index in [4.69, 9.17) is 5.73 Å². The predicted molar refractivity (Wildman–Crippen MR) is 96.4 cm³/mol. The Morgan fingerprint density at radius 1 is 1.31 bits per heavy atom. The SMILES string of the molecule is Cc1sc2ncnc(NC(CC(N)=O)C(=O)O)c2c1-c1ccc(F)cc1. The number of nitrogens with two attached hydrogens (primary N) is 1. The van der Waals surface area contributed by atoms with Gasteiger partial charge in [0.05, 0.1) is 11.8 Å². The van der Waals surface area contributed by atoms with Gasteiger partial charge in [-0.1, -0.05) is 12.1 Å². The number of aliphatic carboxylic acids is 1. The summed E-state index contributed by atoms with van der Waals surface area (Å²) in [4.78, 5) is 32.5. The number of nitrogens with zero attached hydrogens (tertiary/aromatic N) is 2. The summed E-state index contributed by atoms with van der Waals surface area (Å²) in [6.45, 7) is 1.90. The van der Waals surface area contributed by atoms with Crippen LogP contribution in [-0.2, 0) is 9.59 Å². The van der Waals surface area contributed by atoms with Crippen molar-refractivity contribution < 1.29 is 19.1 Å². The van der Waals surface area contributed by atoms with Crippen molar-refractivity contribution in [3.63, 3.8) is 0 Å². The average Bonchev–Trinajstić information content (AvgIpc) is 2.91. The van der Waals surface area contributed by atoms with Crippen LogP contribution in [-0.4, -0.2) is 33.0 Å². The van der Waals surface area contributed by atoms with Gasteiger partial charge in [0, 0.05) is 10.4 Å². The van der Waals surface area contributed by atoms with Crippen molar-refractivity contribution >= 4 is 39.2 Å². The number of primary amides is 1. The molecule has 0 saturated carbocycles. The third kappa shape index (κ3) is 3.47. The van der Waals surface area contributed by atoms with Gasteiger partial charge >= 0.3 is 5.97 Å². The summed E-state index contributed by atoms with van der Waals surface area (Å²) in [5.74, 6) is -2.03. The van der Waals surface area contributed by atoms with Crippen molar-refractivity contribution in [2.24, 2.45) is 5.73 Å². The van der Waals surface area contributed by atoms with Crippen LogP contribution in [0.25, 0.3) is 21.3 Å². The topological polar surface area (TPSA) is 118 Å². The zero-order chi connectivity index (χ0) is 18.8. The van der Waals surface area contributed by atoms with E-state index in [1.807, 2.05) is 6.92 Å². The highest BCUT2D eigenvalue weighted by atomic mass is 32.1. The molecule has 0 bridgehead atoms. The Morgan fingerprint density at radius 2 is 2.00 bits per heavy atom. The molecule has 1 atom stereocenters. The number of halogens is 1. The molecule has 2 aromatic heterocycles. The van der Waals surface area contributed by atoms with Crippen LogP contribution in [0.5, 0.6) is 0 Å². The van der Waals surface area contributed by atoms with Gasteiger partial charge in [-0.25, -0.2) is 19.2 Å². The second kappa shape index (κ2) is 7.04. The van der Waals surface area contributed by atoms with E-state index in [1.165, 1.54) is 29.8 Å². The summed E-state index contributed by atoms with van der Waals surface area (Å²) in [6.07, 6.45) is 0.939. The van der Waals surface area contributed by atoms with Crippen molar-refractivity contribution in [1.29, 1.82) is 0 Å². The van der Waals surface area contributed by atoms with Gasteiger partial charge in [0.15, 0.2) is 0 Å². The maximum absolute atomic E-state index is 13.3. The Kier molecular flexibility index (Phi) is 4.81. The number of carbonyl (C=O) groups excluding carboxylic acids is 1. The Balaban J connectivity index is 2.13. The first-order valence-corrected chi connectivity index (χ1v) is 8.46. The molecule has 7 nitrogen and oxygen atoms in total. The molecule has 9 heteroatoms. The number of hydrogen-bond acceptors (Lipinski definition) is 6. The van der Waals surface area contributed by atoms with Crippen LogP contribution < -0.4 is 11.1 Å². The van der Waals surface area contributed by atoms with Crippen LogP contribution in [0.1, 0.15) is 11.3 Å². The van der Waals surface area contributed by atoms with E-state index < -0.39 is 17.9 Å². The largest absolute Gasteiger partial charge is 0.480 e. The predicted octanol–water partition coefficient (Wildman–Crippen LogP) is 2.55. The lowest BCUT2D eigenvalue weighted by molar-refractivity contribution is -0.139. The zero-order valence-corrected chi connectivity index (χ0v) is 14.5. The fraction of sp³-hybridized carbons (Fsp3) is 0.176. The molecule has 26 heavy (non-hydrogen) atoms. The van der Waals surface area contributed by atoms with E-state index >= 15 is 0 Å². The summed E-state index contributed by atoms with van der Waals surface area (Å²) < 4.78 is 13.3. The van der Waals surface area contributed by atoms with Crippen LogP contribution in [0.4, 0.5) is 10.2 Å². The summed E-state index contributed by atoms with van der Waals surface area (Å²) in [6, 6.07) is 4.76. The number of aromatic nitrogens is 2. The van der Waals surface area contributed by atoms with Gasteiger partial charge in [0.25, 0.3) is 0 Å². The Labute approximate surface area is 151 Å². The van der Waals surface area contributed by atoms with Crippen molar-refractivity contribution in [3.05, 3.63) is 41.3 Å². The third-order valence-corrected chi connectivity index (χ3v) is 4.82. The third-order valence-electron chi connectivity index (χ3n) is 3.81. The van der Waals surface area contributed by atoms with Gasteiger partial charge < -0.3 is 16.2 Å². The smallest absolute Gasteiger partial charge is 0.326 e. The monoisotopic (exact) mass is 374 g/mol. The molecule has 1 amide bonds. The molecule has 1 aromatic carbocycles. The van der Waals surface area contributed by atoms with Crippen molar-refractivity contribution in [1.82, 2.24) is 9.97 Å². The molecule has 4 N–H and O–H groups in total. The van der Waals surface area contributed by atoms with Crippen LogP contribution >= 0.6 is 11.3 Å². The highest BCUT2D eigenvalue weighted by Crippen LogP contribution is 2.40. The lowest BCUT2D eigenvalue weighted by Gasteiger charge is -2.15. The van der Waals surface area contributed by atoms with Crippen LogP contribution in [0.15, 0.2) is 30.6 Å². The average molecular weight is 374 g/mol. The lowest BCUT2D eigenvalue weighted by atomic mass is 10.0. The number of benzene rings is 1. The van der Waals surface area contributed by atoms with E-state index in [0.717, 1.165) is 16.0 Å². The number of anilines is 1. The molecule has 0 aliphatic rings. The van der Waals surface area contributed by atoms with Gasteiger partial charge in [-0.3, -0.25) is 4.79 Å². The first-order valence-electron chi connectivity index (χ1n) is 7.64. The van der Waals surface area contributed by atoms with E-state index in [2.05, 4.69) is 15.3 Å². The molecule has 3 rings (SSSR count). The minimum Gasteiger partial charge on any atom is -0.480 e. The van der Waals surface area contributed by atoms with Gasteiger partial charge in [-0.05, 0) is 24.6 Å². The van der Waals surface area contributed by atoms with Crippen molar-refractivity contribution in [2.45, 2.75) is 19.4 Å². The second-order valence-corrected chi connectivity index (χ2v) is 6.85. The molecule has 0 saturated heterocycles. The second-order valence-electron chi connectivity index (χ2n) is 5.65. The lowest BCUT2D eigenvalue weighted by Crippen LogP contribution is -2.34. The van der Waals surface area contributed by atoms with Gasteiger partial charge in [-0.15, -0.1) is 11.3 Å². The Bertz CT molecular complexity index is 988. The molecule has 134 valence electrons. The van der Waals surface area contributed by atoms with E-state index in [0.29, 0.717) is 10.2 Å². The van der Waals surface area contributed by atoms with E-state index in [1.54, 1.807) is 12.1 Å². The number of carboxylic acids is 1. The summed E-state index contributed by atoms with van der Waals surface area (Å²) in [5, 5.41) is 12.7. The van der Waals surface area contributed by atoms with Crippen molar-refractivity contribution in [2.75, 3.05) is 5.32 Å². The molecule has 0 spiro atoms. The normalized spacial score (nSPS) is 12.1. The number of thiophene rings is 1. The van der Waals surface area contributed by atoms with Crippen LogP contribution in [0.2, 0.25) is 0 Å². The maximum Gasteiger partial charge on any atom is 0.326 e. The highest BCUT2D eigenvalue weighted by molar-refractivity contribution is 7.19. The Hall–Kier alpha value is -3.07. The molecule has 3 aromatic rings. The number of carboxylic acid groups (broad SMARTS) is 1. The fourth-order valence-corrected chi connectivity index (χ4v) is 3.70. The molecule has 0 aliphatic carbocycles. The highest BCUT2D eigenvalue weighted by Gasteiger charge is 2.23. The number of carbonyl (C=O) groups is 2. The first-order chi connectivity index (χ1) is 12.4. The van der Waals surface area contributed by atoms with Crippen molar-refractivity contribution in [3.8, 4) is 11.1 Å². The number of fused-ring (bicyclic) bond motifs is 1. The molecule has 0 aliphatic heterocycles. The standard InChI is InChI=1S/C17H15FN4O3S/c1-8-13(9-2-4-10(18)5-3-9)14-15(20-7-21-16(14)26-8)22-11(17(24)25)6-12(19)23/h2-5,7,11H,6H2,1H3,(H2,19,23)(H,24,25)(H,20,21,22). The summed E-state index contributed by atoms with van der Waals surface area (Å²) in [5.41, 5.74) is 6.68. The fourth-order valence-electron chi connectivity index (χ4n) is 2.68. The minimum absolute atomic E-state index is 0.285. The van der Waals surface area contributed by atoms with Gasteiger partial charge in [0.2, 0.25) is 5.91 Å². The number of hydrogen-bond donors (Lipinski definition) is 3. The van der Waals surface area contributed by atoms with Crippen LogP contribution in [0, 0.1) is 12.7 Å².